The van der Waals surface area contributed by atoms with Crippen LogP contribution in [0.3, 0.4) is 0 Å². The van der Waals surface area contributed by atoms with Crippen LogP contribution in [0.1, 0.15) is 37.2 Å². The minimum absolute atomic E-state index is 0.162. The molecule has 3 rings (SSSR count). The van der Waals surface area contributed by atoms with Crippen molar-refractivity contribution in [3.63, 3.8) is 0 Å². The number of hydrogen-bond acceptors (Lipinski definition) is 3. The first kappa shape index (κ1) is 13.4. The molecule has 0 saturated carbocycles. The lowest BCUT2D eigenvalue weighted by Gasteiger charge is -2.38. The molecule has 0 aromatic heterocycles. The van der Waals surface area contributed by atoms with Crippen LogP contribution in [0, 0.1) is 5.92 Å². The predicted octanol–water partition coefficient (Wildman–Crippen LogP) is 2.26. The van der Waals surface area contributed by atoms with Crippen molar-refractivity contribution in [2.24, 2.45) is 11.7 Å². The van der Waals surface area contributed by atoms with Crippen LogP contribution in [-0.2, 0) is 9.53 Å². The highest BCUT2D eigenvalue weighted by Gasteiger charge is 2.33. The number of benzene rings is 1. The number of nitrogens with one attached hydrogen (secondary N) is 1. The summed E-state index contributed by atoms with van der Waals surface area (Å²) >= 11 is 0. The molecule has 0 radical (unpaired) electrons. The molecule has 4 heteroatoms. The molecule has 1 aromatic rings. The molecule has 20 heavy (non-hydrogen) atoms. The molecule has 3 N–H and O–H groups in total. The van der Waals surface area contributed by atoms with E-state index in [1.807, 2.05) is 6.07 Å². The zero-order valence-corrected chi connectivity index (χ0v) is 11.7. The largest absolute Gasteiger partial charge is 0.382 e. The Hall–Kier alpha value is -1.55. The van der Waals surface area contributed by atoms with Gasteiger partial charge in [-0.15, -0.1) is 0 Å². The van der Waals surface area contributed by atoms with Crippen molar-refractivity contribution in [2.45, 2.75) is 37.6 Å². The van der Waals surface area contributed by atoms with Crippen LogP contribution in [0.25, 0.3) is 0 Å². The van der Waals surface area contributed by atoms with Crippen molar-refractivity contribution in [2.75, 3.05) is 18.5 Å². The van der Waals surface area contributed by atoms with E-state index < -0.39 is 0 Å². The van der Waals surface area contributed by atoms with Crippen molar-refractivity contribution < 1.29 is 9.53 Å². The first-order chi connectivity index (χ1) is 9.74. The molecule has 1 aromatic carbocycles. The van der Waals surface area contributed by atoms with Gasteiger partial charge in [0.25, 0.3) is 0 Å². The predicted molar refractivity (Wildman–Crippen MR) is 78.6 cm³/mol. The van der Waals surface area contributed by atoms with Crippen molar-refractivity contribution in [1.82, 2.24) is 0 Å². The SMILES string of the molecule is NC(=O)CC1CC(C2CCOCC2)c2ccccc2N1. The number of ether oxygens (including phenoxy) is 1. The first-order valence-corrected chi connectivity index (χ1v) is 7.45. The van der Waals surface area contributed by atoms with E-state index in [9.17, 15) is 4.79 Å². The normalized spacial score (nSPS) is 26.6. The summed E-state index contributed by atoms with van der Waals surface area (Å²) in [6.45, 7) is 1.72. The molecule has 2 atom stereocenters. The minimum atomic E-state index is -0.229. The first-order valence-electron chi connectivity index (χ1n) is 7.45. The number of para-hydroxylation sites is 1. The van der Waals surface area contributed by atoms with Gasteiger partial charge in [0.1, 0.15) is 0 Å². The van der Waals surface area contributed by atoms with Gasteiger partial charge in [0.05, 0.1) is 0 Å². The maximum Gasteiger partial charge on any atom is 0.219 e. The summed E-state index contributed by atoms with van der Waals surface area (Å²) in [5.41, 5.74) is 7.93. The van der Waals surface area contributed by atoms with Crippen molar-refractivity contribution in [3.8, 4) is 0 Å². The highest BCUT2D eigenvalue weighted by molar-refractivity contribution is 5.75. The van der Waals surface area contributed by atoms with E-state index in [1.165, 1.54) is 11.3 Å². The van der Waals surface area contributed by atoms with E-state index in [0.29, 0.717) is 18.3 Å². The number of amides is 1. The van der Waals surface area contributed by atoms with Crippen LogP contribution in [-0.4, -0.2) is 25.2 Å². The Labute approximate surface area is 119 Å². The quantitative estimate of drug-likeness (QED) is 0.888. The van der Waals surface area contributed by atoms with Gasteiger partial charge in [-0.25, -0.2) is 0 Å². The van der Waals surface area contributed by atoms with Gasteiger partial charge in [-0.1, -0.05) is 18.2 Å². The fourth-order valence-electron chi connectivity index (χ4n) is 3.61. The van der Waals surface area contributed by atoms with Crippen molar-refractivity contribution in [1.29, 1.82) is 0 Å². The molecular formula is C16H22N2O2. The lowest BCUT2D eigenvalue weighted by atomic mass is 9.74. The minimum Gasteiger partial charge on any atom is -0.382 e. The fourth-order valence-corrected chi connectivity index (χ4v) is 3.61. The van der Waals surface area contributed by atoms with Crippen molar-refractivity contribution >= 4 is 11.6 Å². The van der Waals surface area contributed by atoms with Gasteiger partial charge in [-0.3, -0.25) is 4.79 Å². The van der Waals surface area contributed by atoms with E-state index in [1.54, 1.807) is 0 Å². The third kappa shape index (κ3) is 2.80. The molecule has 0 aliphatic carbocycles. The Kier molecular flexibility index (Phi) is 3.92. The van der Waals surface area contributed by atoms with Gasteiger partial charge in [0.15, 0.2) is 0 Å². The van der Waals surface area contributed by atoms with Crippen LogP contribution < -0.4 is 11.1 Å². The maximum absolute atomic E-state index is 11.2. The number of carbonyl (C=O) groups excluding carboxylic acids is 1. The molecular weight excluding hydrogens is 252 g/mol. The number of anilines is 1. The summed E-state index contributed by atoms with van der Waals surface area (Å²) in [6.07, 6.45) is 3.63. The number of nitrogens with two attached hydrogens (primary N) is 1. The van der Waals surface area contributed by atoms with E-state index >= 15 is 0 Å². The van der Waals surface area contributed by atoms with Crippen LogP contribution in [0.4, 0.5) is 5.69 Å². The van der Waals surface area contributed by atoms with Crippen LogP contribution in [0.15, 0.2) is 24.3 Å². The summed E-state index contributed by atoms with van der Waals surface area (Å²) in [5.74, 6) is 0.940. The monoisotopic (exact) mass is 274 g/mol. The lowest BCUT2D eigenvalue weighted by molar-refractivity contribution is -0.118. The number of primary amides is 1. The molecule has 4 nitrogen and oxygen atoms in total. The van der Waals surface area contributed by atoms with Gasteiger partial charge in [-0.05, 0) is 42.7 Å². The average Bonchev–Trinajstić information content (AvgIpc) is 2.47. The molecule has 1 fully saturated rings. The van der Waals surface area contributed by atoms with Gasteiger partial charge in [0.2, 0.25) is 5.91 Å². The fraction of sp³-hybridized carbons (Fsp3) is 0.562. The maximum atomic E-state index is 11.2. The third-order valence-corrected chi connectivity index (χ3v) is 4.54. The Bertz CT molecular complexity index is 483. The van der Waals surface area contributed by atoms with Crippen molar-refractivity contribution in [3.05, 3.63) is 29.8 Å². The molecule has 2 aliphatic heterocycles. The number of carbonyl (C=O) groups is 1. The number of hydrogen-bond donors (Lipinski definition) is 2. The average molecular weight is 274 g/mol. The van der Waals surface area contributed by atoms with E-state index in [0.717, 1.165) is 32.5 Å². The Balaban J connectivity index is 1.84. The second kappa shape index (κ2) is 5.83. The lowest BCUT2D eigenvalue weighted by Crippen LogP contribution is -2.35. The smallest absolute Gasteiger partial charge is 0.219 e. The molecule has 2 aliphatic rings. The summed E-state index contributed by atoms with van der Waals surface area (Å²) in [7, 11) is 0. The summed E-state index contributed by atoms with van der Waals surface area (Å²) in [5, 5.41) is 3.47. The second-order valence-corrected chi connectivity index (χ2v) is 5.89. The van der Waals surface area contributed by atoms with E-state index in [4.69, 9.17) is 10.5 Å². The van der Waals surface area contributed by atoms with Gasteiger partial charge in [0, 0.05) is 31.4 Å². The summed E-state index contributed by atoms with van der Waals surface area (Å²) < 4.78 is 5.48. The second-order valence-electron chi connectivity index (χ2n) is 5.89. The summed E-state index contributed by atoms with van der Waals surface area (Å²) in [4.78, 5) is 11.2. The number of rotatable bonds is 3. The van der Waals surface area contributed by atoms with E-state index in [-0.39, 0.29) is 11.9 Å². The van der Waals surface area contributed by atoms with E-state index in [2.05, 4.69) is 23.5 Å². The Morgan fingerprint density at radius 3 is 2.80 bits per heavy atom. The third-order valence-electron chi connectivity index (χ3n) is 4.54. The van der Waals surface area contributed by atoms with Crippen LogP contribution in [0.5, 0.6) is 0 Å². The standard InChI is InChI=1S/C16H22N2O2/c17-16(19)10-12-9-14(11-5-7-20-8-6-11)13-3-1-2-4-15(13)18-12/h1-4,11-12,14,18H,5-10H2,(H2,17,19). The summed E-state index contributed by atoms with van der Waals surface area (Å²) in [6, 6.07) is 8.62. The molecule has 108 valence electrons. The molecule has 0 bridgehead atoms. The van der Waals surface area contributed by atoms with Gasteiger partial charge >= 0.3 is 0 Å². The topological polar surface area (TPSA) is 64.4 Å². The molecule has 2 unspecified atom stereocenters. The number of fused-ring (bicyclic) bond motifs is 1. The van der Waals surface area contributed by atoms with Crippen LogP contribution >= 0.6 is 0 Å². The van der Waals surface area contributed by atoms with Gasteiger partial charge in [-0.2, -0.15) is 0 Å². The molecule has 0 spiro atoms. The van der Waals surface area contributed by atoms with Gasteiger partial charge < -0.3 is 15.8 Å². The highest BCUT2D eigenvalue weighted by atomic mass is 16.5. The Morgan fingerprint density at radius 1 is 1.30 bits per heavy atom. The van der Waals surface area contributed by atoms with Crippen LogP contribution in [0.2, 0.25) is 0 Å². The molecule has 1 amide bonds. The molecule has 1 saturated heterocycles. The zero-order valence-electron chi connectivity index (χ0n) is 11.7. The molecule has 2 heterocycles. The zero-order chi connectivity index (χ0) is 13.9. The Morgan fingerprint density at radius 2 is 2.05 bits per heavy atom. The highest BCUT2D eigenvalue weighted by Crippen LogP contribution is 2.42.